The second-order valence-corrected chi connectivity index (χ2v) is 3.44. The topological polar surface area (TPSA) is 96.4 Å². The van der Waals surface area contributed by atoms with Gasteiger partial charge in [-0.3, -0.25) is 9.89 Å². The van der Waals surface area contributed by atoms with Crippen molar-refractivity contribution >= 4 is 11.0 Å². The second-order valence-electron chi connectivity index (χ2n) is 3.44. The number of benzene rings is 1. The van der Waals surface area contributed by atoms with E-state index in [1.165, 1.54) is 12.3 Å². The Morgan fingerprint density at radius 1 is 1.18 bits per heavy atom. The van der Waals surface area contributed by atoms with Gasteiger partial charge in [-0.1, -0.05) is 11.3 Å². The number of nitrogens with one attached hydrogen (secondary N) is 2. The van der Waals surface area contributed by atoms with E-state index in [1.54, 1.807) is 18.2 Å². The number of rotatable bonds is 1. The van der Waals surface area contributed by atoms with Gasteiger partial charge in [0.05, 0.1) is 11.2 Å². The lowest BCUT2D eigenvalue weighted by atomic mass is 10.2. The normalized spacial score (nSPS) is 10.8. The first-order valence-corrected chi connectivity index (χ1v) is 4.88. The molecule has 0 radical (unpaired) electrons. The third-order valence-corrected chi connectivity index (χ3v) is 2.43. The highest BCUT2D eigenvalue weighted by Gasteiger charge is 2.09. The Bertz CT molecular complexity index is 770. The second kappa shape index (κ2) is 3.41. The van der Waals surface area contributed by atoms with Crippen LogP contribution in [-0.4, -0.2) is 25.0 Å². The van der Waals surface area contributed by atoms with Gasteiger partial charge in [-0.15, -0.1) is 5.10 Å². The van der Waals surface area contributed by atoms with E-state index < -0.39 is 11.2 Å². The Hall–Kier alpha value is -2.70. The van der Waals surface area contributed by atoms with Crippen LogP contribution in [-0.2, 0) is 0 Å². The van der Waals surface area contributed by atoms with Crippen molar-refractivity contribution in [2.45, 2.75) is 0 Å². The van der Waals surface area contributed by atoms with Gasteiger partial charge < -0.3 is 4.98 Å². The minimum atomic E-state index is -0.506. The fourth-order valence-corrected chi connectivity index (χ4v) is 1.69. The molecule has 0 atom stereocenters. The molecule has 0 spiro atoms. The Balaban J connectivity index is 2.47. The molecule has 7 heteroatoms. The van der Waals surface area contributed by atoms with Gasteiger partial charge in [-0.05, 0) is 12.1 Å². The minimum Gasteiger partial charge on any atom is -0.314 e. The molecule has 2 heterocycles. The van der Waals surface area contributed by atoms with Crippen molar-refractivity contribution in [1.82, 2.24) is 25.0 Å². The zero-order valence-electron chi connectivity index (χ0n) is 8.54. The molecule has 84 valence electrons. The van der Waals surface area contributed by atoms with Crippen molar-refractivity contribution < 1.29 is 0 Å². The lowest BCUT2D eigenvalue weighted by molar-refractivity contribution is 0.876. The summed E-state index contributed by atoms with van der Waals surface area (Å²) in [6.07, 6.45) is 1.31. The van der Waals surface area contributed by atoms with Gasteiger partial charge in [0, 0.05) is 12.3 Å². The number of aromatic nitrogens is 5. The fourth-order valence-electron chi connectivity index (χ4n) is 1.69. The molecule has 0 aliphatic carbocycles. The molecule has 17 heavy (non-hydrogen) atoms. The molecule has 0 aliphatic heterocycles. The Morgan fingerprint density at radius 3 is 2.88 bits per heavy atom. The summed E-state index contributed by atoms with van der Waals surface area (Å²) >= 11 is 0. The smallest absolute Gasteiger partial charge is 0.314 e. The van der Waals surface area contributed by atoms with Crippen LogP contribution in [0.25, 0.3) is 16.7 Å². The Kier molecular flexibility index (Phi) is 1.91. The Labute approximate surface area is 93.7 Å². The van der Waals surface area contributed by atoms with Crippen LogP contribution in [0.3, 0.4) is 0 Å². The molecule has 0 amide bonds. The van der Waals surface area contributed by atoms with Crippen LogP contribution in [0.15, 0.2) is 40.1 Å². The highest BCUT2D eigenvalue weighted by Crippen LogP contribution is 2.14. The molecular formula is C10H7N5O2. The van der Waals surface area contributed by atoms with Crippen LogP contribution in [0.2, 0.25) is 0 Å². The predicted octanol–water partition coefficient (Wildman–Crippen LogP) is -0.203. The average Bonchev–Trinajstić information content (AvgIpc) is 2.77. The van der Waals surface area contributed by atoms with Gasteiger partial charge in [0.15, 0.2) is 0 Å². The Morgan fingerprint density at radius 2 is 2.06 bits per heavy atom. The van der Waals surface area contributed by atoms with Crippen LogP contribution in [0, 0.1) is 0 Å². The summed E-state index contributed by atoms with van der Waals surface area (Å²) < 4.78 is 1.02. The molecule has 3 rings (SSSR count). The van der Waals surface area contributed by atoms with E-state index >= 15 is 0 Å². The number of nitrogens with zero attached hydrogens (tertiary/aromatic N) is 3. The van der Waals surface area contributed by atoms with Crippen LogP contribution in [0.1, 0.15) is 0 Å². The zero-order valence-corrected chi connectivity index (χ0v) is 8.54. The van der Waals surface area contributed by atoms with E-state index in [9.17, 15) is 9.59 Å². The number of fused-ring (bicyclic) bond motifs is 1. The van der Waals surface area contributed by atoms with Crippen molar-refractivity contribution in [2.75, 3.05) is 0 Å². The quantitative estimate of drug-likeness (QED) is 0.603. The third-order valence-electron chi connectivity index (χ3n) is 2.43. The van der Waals surface area contributed by atoms with Crippen molar-refractivity contribution in [1.29, 1.82) is 0 Å². The summed E-state index contributed by atoms with van der Waals surface area (Å²) in [6, 6.07) is 6.40. The molecule has 3 aromatic rings. The fraction of sp³-hybridized carbons (Fsp3) is 0. The zero-order chi connectivity index (χ0) is 11.8. The van der Waals surface area contributed by atoms with Gasteiger partial charge in [0.2, 0.25) is 0 Å². The predicted molar refractivity (Wildman–Crippen MR) is 60.1 cm³/mol. The molecule has 0 unspecified atom stereocenters. The van der Waals surface area contributed by atoms with E-state index in [1.807, 2.05) is 0 Å². The number of hydrogen-bond donors (Lipinski definition) is 2. The van der Waals surface area contributed by atoms with E-state index in [4.69, 9.17) is 0 Å². The van der Waals surface area contributed by atoms with E-state index in [2.05, 4.69) is 20.4 Å². The van der Waals surface area contributed by atoms with Gasteiger partial charge >= 0.3 is 5.69 Å². The first-order chi connectivity index (χ1) is 8.27. The largest absolute Gasteiger partial charge is 0.333 e. The number of aromatic amines is 2. The highest BCUT2D eigenvalue weighted by atomic mass is 16.2. The summed E-state index contributed by atoms with van der Waals surface area (Å²) in [5.41, 5.74) is 0.629. The summed E-state index contributed by atoms with van der Waals surface area (Å²) in [6.45, 7) is 0. The highest BCUT2D eigenvalue weighted by molar-refractivity contribution is 5.82. The third kappa shape index (κ3) is 1.36. The number of H-pyrrole nitrogens is 2. The molecule has 0 saturated heterocycles. The summed E-state index contributed by atoms with van der Waals surface area (Å²) in [7, 11) is 0. The maximum atomic E-state index is 11.7. The number of hydrogen-bond acceptors (Lipinski definition) is 4. The summed E-state index contributed by atoms with van der Waals surface area (Å²) in [4.78, 5) is 25.8. The first-order valence-electron chi connectivity index (χ1n) is 4.88. The molecule has 2 aromatic heterocycles. The minimum absolute atomic E-state index is 0.406. The first kappa shape index (κ1) is 9.52. The lowest BCUT2D eigenvalue weighted by Gasteiger charge is -2.03. The van der Waals surface area contributed by atoms with Crippen LogP contribution in [0.4, 0.5) is 0 Å². The van der Waals surface area contributed by atoms with E-state index in [-0.39, 0.29) is 0 Å². The van der Waals surface area contributed by atoms with Gasteiger partial charge in [-0.2, -0.15) is 0 Å². The van der Waals surface area contributed by atoms with Gasteiger partial charge in [-0.25, -0.2) is 9.36 Å². The maximum absolute atomic E-state index is 11.7. The van der Waals surface area contributed by atoms with Gasteiger partial charge in [0.25, 0.3) is 5.56 Å². The van der Waals surface area contributed by atoms with Crippen LogP contribution >= 0.6 is 0 Å². The van der Waals surface area contributed by atoms with Crippen molar-refractivity contribution in [2.24, 2.45) is 0 Å². The summed E-state index contributed by atoms with van der Waals surface area (Å²) in [5.74, 6) is 0. The monoisotopic (exact) mass is 229 g/mol. The molecule has 0 bridgehead atoms. The molecule has 0 fully saturated rings. The summed E-state index contributed by atoms with van der Waals surface area (Å²) in [5, 5.41) is 10.2. The van der Waals surface area contributed by atoms with E-state index in [0.717, 1.165) is 4.57 Å². The lowest BCUT2D eigenvalue weighted by Crippen LogP contribution is -2.32. The molecule has 2 N–H and O–H groups in total. The van der Waals surface area contributed by atoms with Gasteiger partial charge in [0.1, 0.15) is 5.52 Å². The molecule has 0 saturated carbocycles. The molecule has 1 aromatic carbocycles. The van der Waals surface area contributed by atoms with Crippen molar-refractivity contribution in [3.8, 4) is 5.69 Å². The van der Waals surface area contributed by atoms with Crippen molar-refractivity contribution in [3.63, 3.8) is 0 Å². The van der Waals surface area contributed by atoms with E-state index in [0.29, 0.717) is 16.7 Å². The molecule has 7 nitrogen and oxygen atoms in total. The van der Waals surface area contributed by atoms with Crippen molar-refractivity contribution in [3.05, 3.63) is 51.3 Å². The standard InChI is InChI=1S/C10H7N5O2/c16-8-4-5-11-10(17)15(8)7-3-1-2-6-9(7)13-14-12-6/h1-5H,(H,11,17)(H,12,13,14). The average molecular weight is 229 g/mol. The van der Waals surface area contributed by atoms with Crippen LogP contribution in [0.5, 0.6) is 0 Å². The SMILES string of the molecule is O=c1cc[nH]c(=O)n1-c1cccc2[nH]nnc12. The van der Waals surface area contributed by atoms with Crippen LogP contribution < -0.4 is 11.2 Å². The molecule has 0 aliphatic rings. The molecular weight excluding hydrogens is 222 g/mol. The maximum Gasteiger partial charge on any atom is 0.333 e.